The fourth-order valence-corrected chi connectivity index (χ4v) is 13.2. The Labute approximate surface area is 340 Å². The van der Waals surface area contributed by atoms with Crippen molar-refractivity contribution in [2.75, 3.05) is 66.0 Å². The second-order valence-electron chi connectivity index (χ2n) is 17.6. The maximum Gasteiger partial charge on any atom is 0.344 e. The van der Waals surface area contributed by atoms with E-state index in [0.717, 1.165) is 59.9 Å². The number of aliphatic hydroxyl groups is 1. The van der Waals surface area contributed by atoms with Gasteiger partial charge in [0.05, 0.1) is 38.8 Å². The van der Waals surface area contributed by atoms with Crippen LogP contribution in [0.25, 0.3) is 5.57 Å². The van der Waals surface area contributed by atoms with E-state index in [1.54, 1.807) is 7.11 Å². The molecule has 0 aromatic heterocycles. The van der Waals surface area contributed by atoms with E-state index in [-0.39, 0.29) is 17.9 Å². The van der Waals surface area contributed by atoms with Gasteiger partial charge in [-0.2, -0.15) is 0 Å². The molecular formula is C46H56N4O8. The number of rotatable bonds is 7. The third-order valence-corrected chi connectivity index (χ3v) is 15.2. The van der Waals surface area contributed by atoms with Gasteiger partial charge in [0.2, 0.25) is 5.60 Å². The Hall–Kier alpha value is -4.52. The first-order valence-electron chi connectivity index (χ1n) is 20.9. The average Bonchev–Trinajstić information content (AvgIpc) is 3.89. The van der Waals surface area contributed by atoms with Crippen LogP contribution in [0.5, 0.6) is 5.75 Å². The molecule has 1 aliphatic carbocycles. The Kier molecular flexibility index (Phi) is 9.26. The fourth-order valence-electron chi connectivity index (χ4n) is 13.2. The summed E-state index contributed by atoms with van der Waals surface area (Å²) >= 11 is 0. The largest absolute Gasteiger partial charge is 0.496 e. The van der Waals surface area contributed by atoms with E-state index in [4.69, 9.17) is 23.9 Å². The molecule has 1 unspecified atom stereocenters. The highest BCUT2D eigenvalue weighted by Gasteiger charge is 2.80. The monoisotopic (exact) mass is 792 g/mol. The summed E-state index contributed by atoms with van der Waals surface area (Å²) in [5.74, 6) is -1.30. The molecule has 2 aromatic rings. The smallest absolute Gasteiger partial charge is 0.344 e. The van der Waals surface area contributed by atoms with Crippen LogP contribution in [0.2, 0.25) is 0 Å². The molecule has 0 amide bonds. The first kappa shape index (κ1) is 39.0. The number of esters is 3. The minimum atomic E-state index is -2.28. The first-order chi connectivity index (χ1) is 27.9. The van der Waals surface area contributed by atoms with Crippen LogP contribution in [0.3, 0.4) is 0 Å². The normalized spacial score (nSPS) is 36.7. The number of anilines is 1. The van der Waals surface area contributed by atoms with Gasteiger partial charge < -0.3 is 29.0 Å². The summed E-state index contributed by atoms with van der Waals surface area (Å²) in [6, 6.07) is 10.5. The minimum absolute atomic E-state index is 0.0226. The molecule has 12 nitrogen and oxygen atoms in total. The molecule has 3 fully saturated rings. The lowest BCUT2D eigenvalue weighted by molar-refractivity contribution is -0.228. The highest BCUT2D eigenvalue weighted by atomic mass is 16.6. The summed E-state index contributed by atoms with van der Waals surface area (Å²) in [6.07, 6.45) is 8.44. The zero-order valence-corrected chi connectivity index (χ0v) is 34.7. The van der Waals surface area contributed by atoms with Crippen molar-refractivity contribution in [1.29, 1.82) is 0 Å². The molecule has 7 aliphatic rings. The summed E-state index contributed by atoms with van der Waals surface area (Å²) in [4.78, 5) is 55.0. The molecule has 2 saturated heterocycles. The predicted octanol–water partition coefficient (Wildman–Crippen LogP) is 2.97. The third kappa shape index (κ3) is 4.97. The standard InChI is InChI=1S/C46H56N4O8/c1-8-28-21-29-24-45(41(52)56-6,37-31(15-19-49(25-28)26-29)30-13-10-11-14-34(30)47-37)33-22-32-35(23-36(33)55-5)48(4)39-44(32)17-20-50-18-12-16-43(9-2,38(44)50)40(58-27(3)51)46(39,54)42(53)57-7/h10-14,16,21-23,29,37-40,54H,8-9,15,17-20,24-26H2,1-7H3/t29-,37+,38+,39-,40-,43-,44-,45+,46+/m1/s1. The van der Waals surface area contributed by atoms with E-state index >= 15 is 4.79 Å². The van der Waals surface area contributed by atoms with Crippen LogP contribution in [0, 0.1) is 11.3 Å². The molecular weight excluding hydrogens is 737 g/mol. The molecule has 1 saturated carbocycles. The van der Waals surface area contributed by atoms with Gasteiger partial charge in [0, 0.05) is 79.6 Å². The zero-order chi connectivity index (χ0) is 40.9. The number of nitrogens with zero attached hydrogens (tertiary/aromatic N) is 4. The zero-order valence-electron chi connectivity index (χ0n) is 34.7. The summed E-state index contributed by atoms with van der Waals surface area (Å²) in [5, 5.41) is 15.2. The van der Waals surface area contributed by atoms with Crippen molar-refractivity contribution in [3.63, 3.8) is 0 Å². The van der Waals surface area contributed by atoms with Gasteiger partial charge in [-0.1, -0.05) is 55.8 Å². The van der Waals surface area contributed by atoms with Crippen LogP contribution in [-0.4, -0.2) is 124 Å². The van der Waals surface area contributed by atoms with Gasteiger partial charge in [0.25, 0.3) is 0 Å². The van der Waals surface area contributed by atoms with E-state index in [1.807, 2.05) is 43.1 Å². The van der Waals surface area contributed by atoms with E-state index < -0.39 is 52.0 Å². The maximum atomic E-state index is 15.3. The number of ether oxygens (including phenoxy) is 4. The van der Waals surface area contributed by atoms with Crippen molar-refractivity contribution in [2.24, 2.45) is 16.3 Å². The molecule has 58 heavy (non-hydrogen) atoms. The van der Waals surface area contributed by atoms with Crippen molar-refractivity contribution >= 4 is 29.2 Å². The number of likely N-dealkylation sites (N-methyl/N-ethyl adjacent to an activating group) is 1. The SMILES string of the molecule is CCC1=C[C@H]2CN(CCC3=c4ccccc4=N[C@@H]3[C@@](C(=O)OC)(c3cc4c(cc3OC)N(C)[C@H]3[C@@](O)(C(=O)OC)[C@H](OC(C)=O)[C@]5(CC)C=CCN6CC[C@]43[C@@H]65)C2)C1. The van der Waals surface area contributed by atoms with E-state index in [9.17, 15) is 14.7 Å². The molecule has 2 bridgehead atoms. The van der Waals surface area contributed by atoms with Crippen LogP contribution < -0.4 is 20.2 Å². The molecule has 9 rings (SSSR count). The Bertz CT molecular complexity index is 2270. The van der Waals surface area contributed by atoms with Crippen LogP contribution in [0.15, 0.2) is 65.2 Å². The lowest BCUT2D eigenvalue weighted by Gasteiger charge is -2.63. The summed E-state index contributed by atoms with van der Waals surface area (Å²) in [7, 11) is 6.24. The van der Waals surface area contributed by atoms with Crippen molar-refractivity contribution in [3.8, 4) is 5.75 Å². The van der Waals surface area contributed by atoms with Crippen molar-refractivity contribution < 1.29 is 38.4 Å². The summed E-state index contributed by atoms with van der Waals surface area (Å²) in [6.45, 7) is 9.43. The molecule has 6 aliphatic heterocycles. The van der Waals surface area contributed by atoms with Crippen LogP contribution in [0.4, 0.5) is 5.69 Å². The van der Waals surface area contributed by atoms with Gasteiger partial charge in [-0.3, -0.25) is 24.4 Å². The van der Waals surface area contributed by atoms with Crippen LogP contribution in [0.1, 0.15) is 64.0 Å². The lowest BCUT2D eigenvalue weighted by atomic mass is 9.47. The quantitative estimate of drug-likeness (QED) is 0.253. The topological polar surface area (TPSA) is 130 Å². The van der Waals surface area contributed by atoms with Gasteiger partial charge in [-0.15, -0.1) is 0 Å². The highest BCUT2D eigenvalue weighted by molar-refractivity contribution is 5.91. The van der Waals surface area contributed by atoms with Crippen LogP contribution >= 0.6 is 0 Å². The van der Waals surface area contributed by atoms with Gasteiger partial charge in [0.1, 0.15) is 11.2 Å². The second kappa shape index (κ2) is 13.8. The summed E-state index contributed by atoms with van der Waals surface area (Å²) in [5.41, 5.74) is -0.596. The number of hydrogen-bond donors (Lipinski definition) is 1. The molecule has 2 aromatic carbocycles. The van der Waals surface area contributed by atoms with Gasteiger partial charge in [-0.05, 0) is 67.8 Å². The first-order valence-corrected chi connectivity index (χ1v) is 20.9. The Morgan fingerprint density at radius 2 is 1.78 bits per heavy atom. The highest BCUT2D eigenvalue weighted by Crippen LogP contribution is 2.68. The third-order valence-electron chi connectivity index (χ3n) is 15.2. The Balaban J connectivity index is 1.36. The van der Waals surface area contributed by atoms with E-state index in [1.165, 1.54) is 26.7 Å². The molecule has 12 heteroatoms. The number of benzene rings is 2. The molecule has 1 spiro atoms. The maximum absolute atomic E-state index is 15.3. The van der Waals surface area contributed by atoms with Crippen molar-refractivity contribution in [2.45, 2.75) is 93.5 Å². The Morgan fingerprint density at radius 3 is 2.48 bits per heavy atom. The molecule has 10 atom stereocenters. The van der Waals surface area contributed by atoms with Crippen molar-refractivity contribution in [1.82, 2.24) is 9.80 Å². The number of hydrogen-bond acceptors (Lipinski definition) is 12. The average molecular weight is 793 g/mol. The number of carbonyl (C=O) groups excluding carboxylic acids is 3. The predicted molar refractivity (Wildman–Crippen MR) is 217 cm³/mol. The summed E-state index contributed by atoms with van der Waals surface area (Å²) < 4.78 is 24.0. The number of methoxy groups -OCH3 is 3. The number of para-hydroxylation sites is 1. The molecule has 0 radical (unpaired) electrons. The second-order valence-corrected chi connectivity index (χ2v) is 17.6. The van der Waals surface area contributed by atoms with Gasteiger partial charge in [-0.25, -0.2) is 4.79 Å². The fraction of sp³-hybridized carbons (Fsp3) is 0.565. The molecule has 1 N–H and O–H groups in total. The lowest BCUT2D eigenvalue weighted by Crippen LogP contribution is -2.81. The Morgan fingerprint density at radius 1 is 1.00 bits per heavy atom. The van der Waals surface area contributed by atoms with Gasteiger partial charge >= 0.3 is 17.9 Å². The van der Waals surface area contributed by atoms with Gasteiger partial charge in [0.15, 0.2) is 6.10 Å². The van der Waals surface area contributed by atoms with Crippen molar-refractivity contribution in [3.05, 3.63) is 81.9 Å². The van der Waals surface area contributed by atoms with E-state index in [0.29, 0.717) is 43.7 Å². The number of fused-ring (bicyclic) bond motifs is 5. The number of carbonyl (C=O) groups is 3. The van der Waals surface area contributed by atoms with Crippen LogP contribution in [-0.2, 0) is 39.4 Å². The van der Waals surface area contributed by atoms with E-state index in [2.05, 4.69) is 47.1 Å². The molecule has 6 heterocycles. The minimum Gasteiger partial charge on any atom is -0.496 e. The molecule has 308 valence electrons.